The number of rotatable bonds is 3. The van der Waals surface area contributed by atoms with E-state index in [1.807, 2.05) is 0 Å². The Bertz CT molecular complexity index is 435. The number of nitrogens with one attached hydrogen (secondary N) is 1. The normalized spacial score (nSPS) is 20.9. The molecule has 1 saturated carbocycles. The zero-order valence-electron chi connectivity index (χ0n) is 10.7. The molecule has 4 heteroatoms. The monoisotopic (exact) mass is 234 g/mol. The number of anilines is 1. The van der Waals surface area contributed by atoms with Crippen LogP contribution in [0.2, 0.25) is 0 Å². The zero-order valence-corrected chi connectivity index (χ0v) is 10.7. The van der Waals surface area contributed by atoms with Crippen LogP contribution in [0.15, 0.2) is 24.3 Å². The Labute approximate surface area is 101 Å². The molecule has 1 fully saturated rings. The average molecular weight is 234 g/mol. The van der Waals surface area contributed by atoms with E-state index in [0.717, 1.165) is 5.69 Å². The highest BCUT2D eigenvalue weighted by atomic mass is 16.6. The van der Waals surface area contributed by atoms with Crippen molar-refractivity contribution in [3.8, 4) is 0 Å². The van der Waals surface area contributed by atoms with E-state index in [0.29, 0.717) is 6.04 Å². The minimum Gasteiger partial charge on any atom is -0.381 e. The molecule has 0 aliphatic heterocycles. The Hall–Kier alpha value is -1.58. The molecule has 1 N–H and O–H groups in total. The lowest BCUT2D eigenvalue weighted by Gasteiger charge is -2.07. The van der Waals surface area contributed by atoms with Gasteiger partial charge in [0.1, 0.15) is 0 Å². The van der Waals surface area contributed by atoms with Crippen LogP contribution in [0.3, 0.4) is 0 Å². The van der Waals surface area contributed by atoms with Gasteiger partial charge in [-0.25, -0.2) is 0 Å². The fraction of sp³-hybridized carbons (Fsp3) is 0.538. The Morgan fingerprint density at radius 3 is 1.94 bits per heavy atom. The summed E-state index contributed by atoms with van der Waals surface area (Å²) in [6.45, 7) is 8.93. The van der Waals surface area contributed by atoms with Crippen LogP contribution in [0.25, 0.3) is 0 Å². The summed E-state index contributed by atoms with van der Waals surface area (Å²) in [7, 11) is 0. The number of nitro benzene ring substituents is 1. The van der Waals surface area contributed by atoms with Crippen LogP contribution in [-0.4, -0.2) is 11.0 Å². The largest absolute Gasteiger partial charge is 0.381 e. The molecule has 2 rings (SSSR count). The predicted octanol–water partition coefficient (Wildman–Crippen LogP) is 3.44. The van der Waals surface area contributed by atoms with E-state index < -0.39 is 0 Å². The molecule has 0 amide bonds. The van der Waals surface area contributed by atoms with E-state index in [2.05, 4.69) is 33.0 Å². The average Bonchev–Trinajstić information content (AvgIpc) is 2.62. The molecule has 17 heavy (non-hydrogen) atoms. The summed E-state index contributed by atoms with van der Waals surface area (Å²) < 4.78 is 0. The molecule has 1 aromatic rings. The van der Waals surface area contributed by atoms with Gasteiger partial charge >= 0.3 is 0 Å². The molecule has 4 nitrogen and oxygen atoms in total. The summed E-state index contributed by atoms with van der Waals surface area (Å²) in [4.78, 5) is 10.2. The van der Waals surface area contributed by atoms with Crippen molar-refractivity contribution in [2.24, 2.45) is 10.8 Å². The molecule has 0 spiro atoms. The van der Waals surface area contributed by atoms with Gasteiger partial charge in [-0.05, 0) is 23.0 Å². The van der Waals surface area contributed by atoms with E-state index in [4.69, 9.17) is 0 Å². The summed E-state index contributed by atoms with van der Waals surface area (Å²) in [5.74, 6) is 0. The molecule has 0 heterocycles. The maximum Gasteiger partial charge on any atom is 0.269 e. The number of hydrogen-bond donors (Lipinski definition) is 1. The Balaban J connectivity index is 2.09. The topological polar surface area (TPSA) is 55.2 Å². The lowest BCUT2D eigenvalue weighted by Crippen LogP contribution is -2.09. The molecule has 0 saturated heterocycles. The van der Waals surface area contributed by atoms with Crippen LogP contribution in [0, 0.1) is 20.9 Å². The second kappa shape index (κ2) is 3.45. The first kappa shape index (κ1) is 11.9. The first-order chi connectivity index (χ1) is 7.76. The van der Waals surface area contributed by atoms with Gasteiger partial charge in [0.25, 0.3) is 5.69 Å². The first-order valence-corrected chi connectivity index (χ1v) is 5.78. The summed E-state index contributed by atoms with van der Waals surface area (Å²) >= 11 is 0. The number of benzene rings is 1. The highest BCUT2D eigenvalue weighted by Crippen LogP contribution is 2.63. The predicted molar refractivity (Wildman–Crippen MR) is 68.1 cm³/mol. The van der Waals surface area contributed by atoms with E-state index in [1.165, 1.54) is 12.1 Å². The van der Waals surface area contributed by atoms with Crippen molar-refractivity contribution >= 4 is 11.4 Å². The van der Waals surface area contributed by atoms with Gasteiger partial charge in [-0.2, -0.15) is 0 Å². The Morgan fingerprint density at radius 2 is 1.59 bits per heavy atom. The van der Waals surface area contributed by atoms with Gasteiger partial charge in [-0.1, -0.05) is 27.7 Å². The number of hydrogen-bond acceptors (Lipinski definition) is 3. The maximum atomic E-state index is 10.5. The second-order valence-electron chi connectivity index (χ2n) is 5.82. The SMILES string of the molecule is CC1(C)C(Nc2ccc([N+](=O)[O-])cc2)C1(C)C. The Kier molecular flexibility index (Phi) is 2.42. The Morgan fingerprint density at radius 1 is 1.12 bits per heavy atom. The van der Waals surface area contributed by atoms with Crippen molar-refractivity contribution in [2.45, 2.75) is 33.7 Å². The van der Waals surface area contributed by atoms with Gasteiger partial charge in [0.2, 0.25) is 0 Å². The lowest BCUT2D eigenvalue weighted by atomic mass is 10.0. The summed E-state index contributed by atoms with van der Waals surface area (Å²) in [6.07, 6.45) is 0. The quantitative estimate of drug-likeness (QED) is 0.643. The van der Waals surface area contributed by atoms with Crippen molar-refractivity contribution < 1.29 is 4.92 Å². The molecule has 0 aromatic heterocycles. The van der Waals surface area contributed by atoms with Gasteiger partial charge in [-0.15, -0.1) is 0 Å². The number of nitrogens with zero attached hydrogens (tertiary/aromatic N) is 1. The smallest absolute Gasteiger partial charge is 0.269 e. The van der Waals surface area contributed by atoms with Gasteiger partial charge in [0.05, 0.1) is 4.92 Å². The van der Waals surface area contributed by atoms with E-state index in [1.54, 1.807) is 12.1 Å². The molecule has 92 valence electrons. The molecule has 1 aromatic carbocycles. The van der Waals surface area contributed by atoms with Crippen LogP contribution in [-0.2, 0) is 0 Å². The molecule has 0 bridgehead atoms. The van der Waals surface area contributed by atoms with Gasteiger partial charge in [0.15, 0.2) is 0 Å². The molecular formula is C13H18N2O2. The third kappa shape index (κ3) is 1.77. The lowest BCUT2D eigenvalue weighted by molar-refractivity contribution is -0.384. The summed E-state index contributed by atoms with van der Waals surface area (Å²) in [5, 5.41) is 14.0. The van der Waals surface area contributed by atoms with Crippen LogP contribution in [0.1, 0.15) is 27.7 Å². The third-order valence-corrected chi connectivity index (χ3v) is 4.41. The fourth-order valence-electron chi connectivity index (χ4n) is 2.40. The van der Waals surface area contributed by atoms with E-state index in [-0.39, 0.29) is 21.4 Å². The van der Waals surface area contributed by atoms with Crippen molar-refractivity contribution in [3.05, 3.63) is 34.4 Å². The van der Waals surface area contributed by atoms with Crippen LogP contribution in [0.4, 0.5) is 11.4 Å². The van der Waals surface area contributed by atoms with Gasteiger partial charge < -0.3 is 5.32 Å². The van der Waals surface area contributed by atoms with E-state index >= 15 is 0 Å². The van der Waals surface area contributed by atoms with Gasteiger partial charge in [0, 0.05) is 23.9 Å². The summed E-state index contributed by atoms with van der Waals surface area (Å²) in [5.41, 5.74) is 1.59. The molecular weight excluding hydrogens is 216 g/mol. The van der Waals surface area contributed by atoms with Crippen LogP contribution < -0.4 is 5.32 Å². The van der Waals surface area contributed by atoms with Crippen molar-refractivity contribution in [3.63, 3.8) is 0 Å². The number of nitro groups is 1. The maximum absolute atomic E-state index is 10.5. The van der Waals surface area contributed by atoms with Crippen molar-refractivity contribution in [1.82, 2.24) is 0 Å². The minimum atomic E-state index is -0.380. The fourth-order valence-corrected chi connectivity index (χ4v) is 2.40. The minimum absolute atomic E-state index is 0.130. The molecule has 0 unspecified atom stereocenters. The van der Waals surface area contributed by atoms with E-state index in [9.17, 15) is 10.1 Å². The third-order valence-electron chi connectivity index (χ3n) is 4.41. The van der Waals surface area contributed by atoms with Gasteiger partial charge in [-0.3, -0.25) is 10.1 Å². The molecule has 1 aliphatic rings. The standard InChI is InChI=1S/C13H18N2O2/c1-12(2)11(13(12,3)4)14-9-5-7-10(8-6-9)15(16)17/h5-8,11,14H,1-4H3. The highest BCUT2D eigenvalue weighted by molar-refractivity contribution is 5.51. The zero-order chi connectivity index (χ0) is 12.8. The number of non-ortho nitro benzene ring substituents is 1. The second-order valence-corrected chi connectivity index (χ2v) is 5.82. The van der Waals surface area contributed by atoms with Crippen molar-refractivity contribution in [2.75, 3.05) is 5.32 Å². The first-order valence-electron chi connectivity index (χ1n) is 5.78. The molecule has 0 radical (unpaired) electrons. The van der Waals surface area contributed by atoms with Crippen molar-refractivity contribution in [1.29, 1.82) is 0 Å². The summed E-state index contributed by atoms with van der Waals surface area (Å²) in [6, 6.07) is 7.01. The van der Waals surface area contributed by atoms with Crippen LogP contribution in [0.5, 0.6) is 0 Å². The van der Waals surface area contributed by atoms with Crippen LogP contribution >= 0.6 is 0 Å². The highest BCUT2D eigenvalue weighted by Gasteiger charge is 2.64. The molecule has 0 atom stereocenters. The molecule has 1 aliphatic carbocycles.